The number of anilines is 1. The van der Waals surface area contributed by atoms with Crippen LogP contribution in [0.25, 0.3) is 16.7 Å². The molecule has 3 heterocycles. The van der Waals surface area contributed by atoms with E-state index < -0.39 is 21.4 Å². The average Bonchev–Trinajstić information content (AvgIpc) is 3.17. The van der Waals surface area contributed by atoms with Gasteiger partial charge in [0.15, 0.2) is 21.3 Å². The monoisotopic (exact) mass is 496 g/mol. The molecule has 1 aliphatic carbocycles. The smallest absolute Gasteiger partial charge is 0.196 e. The SMILES string of the molecule is COCC1CCN(c2cc(C(=O)CS(C)(=O)=O)nc3c2c(C2CCC2)nn3-c2ccccc2)CC1. The first-order valence-corrected chi connectivity index (χ1v) is 14.3. The van der Waals surface area contributed by atoms with E-state index in [1.807, 2.05) is 35.0 Å². The summed E-state index contributed by atoms with van der Waals surface area (Å²) in [5.41, 5.74) is 3.62. The van der Waals surface area contributed by atoms with E-state index in [2.05, 4.69) is 4.90 Å². The highest BCUT2D eigenvalue weighted by Crippen LogP contribution is 2.43. The number of fused-ring (bicyclic) bond motifs is 1. The zero-order valence-corrected chi connectivity index (χ0v) is 21.1. The molecule has 0 amide bonds. The Bertz CT molecular complexity index is 1320. The normalized spacial score (nSPS) is 17.6. The van der Waals surface area contributed by atoms with E-state index in [1.165, 1.54) is 6.42 Å². The number of piperidine rings is 1. The van der Waals surface area contributed by atoms with Gasteiger partial charge in [0.25, 0.3) is 0 Å². The molecule has 9 heteroatoms. The second-order valence-corrected chi connectivity index (χ2v) is 12.0. The minimum Gasteiger partial charge on any atom is -0.384 e. The molecule has 5 rings (SSSR count). The number of ether oxygens (including phenoxy) is 1. The average molecular weight is 497 g/mol. The molecule has 0 atom stereocenters. The number of ketones is 1. The van der Waals surface area contributed by atoms with Crippen LogP contribution in [0.2, 0.25) is 0 Å². The predicted molar refractivity (Wildman–Crippen MR) is 136 cm³/mol. The van der Waals surface area contributed by atoms with Crippen molar-refractivity contribution in [1.29, 1.82) is 0 Å². The van der Waals surface area contributed by atoms with E-state index in [1.54, 1.807) is 13.2 Å². The number of carbonyl (C=O) groups excluding carboxylic acids is 1. The van der Waals surface area contributed by atoms with E-state index in [9.17, 15) is 13.2 Å². The van der Waals surface area contributed by atoms with E-state index in [0.717, 1.165) is 74.1 Å². The van der Waals surface area contributed by atoms with Gasteiger partial charge in [0, 0.05) is 39.0 Å². The van der Waals surface area contributed by atoms with Gasteiger partial charge >= 0.3 is 0 Å². The third kappa shape index (κ3) is 4.97. The summed E-state index contributed by atoms with van der Waals surface area (Å²) in [5.74, 6) is -0.170. The molecule has 0 spiro atoms. The summed E-state index contributed by atoms with van der Waals surface area (Å²) in [6.07, 6.45) is 6.43. The molecule has 0 radical (unpaired) electrons. The number of rotatable bonds is 8. The van der Waals surface area contributed by atoms with Crippen molar-refractivity contribution in [1.82, 2.24) is 14.8 Å². The molecular weight excluding hydrogens is 464 g/mol. The van der Waals surface area contributed by atoms with Crippen LogP contribution in [0, 0.1) is 5.92 Å². The quantitative estimate of drug-likeness (QED) is 0.438. The predicted octanol–water partition coefficient (Wildman–Crippen LogP) is 3.78. The lowest BCUT2D eigenvalue weighted by atomic mass is 9.81. The number of pyridine rings is 1. The first-order chi connectivity index (χ1) is 16.8. The van der Waals surface area contributed by atoms with E-state index in [0.29, 0.717) is 17.5 Å². The Morgan fingerprint density at radius 2 is 1.83 bits per heavy atom. The fourth-order valence-electron chi connectivity index (χ4n) is 5.12. The highest BCUT2D eigenvalue weighted by Gasteiger charge is 2.31. The molecule has 2 fully saturated rings. The minimum absolute atomic E-state index is 0.175. The summed E-state index contributed by atoms with van der Waals surface area (Å²) < 4.78 is 31.0. The summed E-state index contributed by atoms with van der Waals surface area (Å²) in [6.45, 7) is 2.43. The molecule has 8 nitrogen and oxygen atoms in total. The van der Waals surface area contributed by atoms with Crippen LogP contribution in [0.4, 0.5) is 5.69 Å². The van der Waals surface area contributed by atoms with Crippen LogP contribution < -0.4 is 4.90 Å². The number of carbonyl (C=O) groups is 1. The molecule has 35 heavy (non-hydrogen) atoms. The maximum absolute atomic E-state index is 13.0. The number of hydrogen-bond acceptors (Lipinski definition) is 7. The second-order valence-electron chi connectivity index (χ2n) is 9.86. The zero-order valence-electron chi connectivity index (χ0n) is 20.3. The number of hydrogen-bond donors (Lipinski definition) is 0. The maximum Gasteiger partial charge on any atom is 0.196 e. The van der Waals surface area contributed by atoms with Crippen molar-refractivity contribution in [2.75, 3.05) is 43.7 Å². The van der Waals surface area contributed by atoms with Gasteiger partial charge in [-0.25, -0.2) is 18.1 Å². The van der Waals surface area contributed by atoms with Gasteiger partial charge in [0.2, 0.25) is 0 Å². The Balaban J connectivity index is 1.68. The first-order valence-electron chi connectivity index (χ1n) is 12.3. The van der Waals surface area contributed by atoms with E-state index in [4.69, 9.17) is 14.8 Å². The fourth-order valence-corrected chi connectivity index (χ4v) is 5.74. The number of nitrogens with zero attached hydrogens (tertiary/aromatic N) is 4. The zero-order chi connectivity index (χ0) is 24.6. The lowest BCUT2D eigenvalue weighted by Gasteiger charge is -2.34. The van der Waals surface area contributed by atoms with Crippen molar-refractivity contribution in [3.8, 4) is 5.69 Å². The molecule has 0 bridgehead atoms. The van der Waals surface area contributed by atoms with Crippen molar-refractivity contribution in [3.05, 3.63) is 47.8 Å². The van der Waals surface area contributed by atoms with Crippen molar-refractivity contribution in [2.24, 2.45) is 5.92 Å². The highest BCUT2D eigenvalue weighted by molar-refractivity contribution is 7.91. The lowest BCUT2D eigenvalue weighted by molar-refractivity contribution is 0.101. The summed E-state index contributed by atoms with van der Waals surface area (Å²) in [6, 6.07) is 11.6. The molecular formula is C26H32N4O4S. The molecule has 3 aromatic rings. The number of Topliss-reactive ketones (excluding diaryl/α,β-unsaturated/α-hetero) is 1. The summed E-state index contributed by atoms with van der Waals surface area (Å²) in [7, 11) is -1.74. The van der Waals surface area contributed by atoms with Gasteiger partial charge in [-0.15, -0.1) is 0 Å². The van der Waals surface area contributed by atoms with Crippen molar-refractivity contribution in [2.45, 2.75) is 38.0 Å². The van der Waals surface area contributed by atoms with Gasteiger partial charge in [-0.05, 0) is 49.8 Å². The molecule has 2 aliphatic rings. The molecule has 1 saturated heterocycles. The Hall–Kier alpha value is -2.78. The van der Waals surface area contributed by atoms with Gasteiger partial charge < -0.3 is 9.64 Å². The van der Waals surface area contributed by atoms with Crippen LogP contribution in [0.15, 0.2) is 36.4 Å². The molecule has 1 aliphatic heterocycles. The van der Waals surface area contributed by atoms with Crippen LogP contribution >= 0.6 is 0 Å². The fraction of sp³-hybridized carbons (Fsp3) is 0.500. The number of benzene rings is 1. The van der Waals surface area contributed by atoms with Gasteiger partial charge in [-0.1, -0.05) is 24.6 Å². The molecule has 0 N–H and O–H groups in total. The first kappa shape index (κ1) is 23.9. The largest absolute Gasteiger partial charge is 0.384 e. The van der Waals surface area contributed by atoms with Crippen LogP contribution in [0.5, 0.6) is 0 Å². The number of methoxy groups -OCH3 is 1. The topological polar surface area (TPSA) is 94.4 Å². The van der Waals surface area contributed by atoms with Crippen LogP contribution in [-0.4, -0.2) is 67.8 Å². The molecule has 2 aromatic heterocycles. The third-order valence-electron chi connectivity index (χ3n) is 7.17. The van der Waals surface area contributed by atoms with Gasteiger partial charge in [0.05, 0.1) is 22.5 Å². The summed E-state index contributed by atoms with van der Waals surface area (Å²) in [5, 5.41) is 6.02. The highest BCUT2D eigenvalue weighted by atomic mass is 32.2. The van der Waals surface area contributed by atoms with Gasteiger partial charge in [0.1, 0.15) is 11.4 Å². The minimum atomic E-state index is -3.48. The van der Waals surface area contributed by atoms with Crippen LogP contribution in [0.1, 0.15) is 54.2 Å². The van der Waals surface area contributed by atoms with Crippen molar-refractivity contribution < 1.29 is 17.9 Å². The van der Waals surface area contributed by atoms with Crippen molar-refractivity contribution in [3.63, 3.8) is 0 Å². The Labute approximate surface area is 206 Å². The molecule has 186 valence electrons. The number of sulfone groups is 1. The van der Waals surface area contributed by atoms with E-state index >= 15 is 0 Å². The van der Waals surface area contributed by atoms with Gasteiger partial charge in [-0.2, -0.15) is 5.10 Å². The Kier molecular flexibility index (Phi) is 6.63. The third-order valence-corrected chi connectivity index (χ3v) is 7.96. The molecule has 1 saturated carbocycles. The summed E-state index contributed by atoms with van der Waals surface area (Å²) in [4.78, 5) is 20.1. The standard InChI is InChI=1S/C26H32N4O4S/c1-34-16-18-11-13-29(14-12-18)22-15-21(23(31)17-35(2,32)33)27-26-24(22)25(19-7-6-8-19)28-30(26)20-9-4-3-5-10-20/h3-5,9-10,15,18-19H,6-8,11-14,16-17H2,1-2H3. The van der Waals surface area contributed by atoms with Gasteiger partial charge in [-0.3, -0.25) is 4.79 Å². The second kappa shape index (κ2) is 9.70. The Morgan fingerprint density at radius 3 is 2.43 bits per heavy atom. The number of para-hydroxylation sites is 1. The lowest BCUT2D eigenvalue weighted by Crippen LogP contribution is -2.35. The summed E-state index contributed by atoms with van der Waals surface area (Å²) >= 11 is 0. The molecule has 1 aromatic carbocycles. The van der Waals surface area contributed by atoms with Crippen molar-refractivity contribution >= 4 is 32.3 Å². The van der Waals surface area contributed by atoms with E-state index in [-0.39, 0.29) is 5.69 Å². The molecule has 0 unspecified atom stereocenters. The maximum atomic E-state index is 13.0. The van der Waals surface area contributed by atoms with Crippen LogP contribution in [-0.2, 0) is 14.6 Å². The van der Waals surface area contributed by atoms with Crippen LogP contribution in [0.3, 0.4) is 0 Å². The Morgan fingerprint density at radius 1 is 1.11 bits per heavy atom. The number of aromatic nitrogens is 3.